The van der Waals surface area contributed by atoms with E-state index in [9.17, 15) is 0 Å². The molecule has 6 heteroatoms. The van der Waals surface area contributed by atoms with Crippen LogP contribution in [0.15, 0.2) is 0 Å². The van der Waals surface area contributed by atoms with Crippen molar-refractivity contribution in [2.75, 3.05) is 64.1 Å². The number of hydrogen-bond donors (Lipinski definition) is 1. The van der Waals surface area contributed by atoms with E-state index in [1.807, 2.05) is 19.0 Å². The molecule has 2 aliphatic rings. The van der Waals surface area contributed by atoms with Crippen LogP contribution in [0.5, 0.6) is 0 Å². The predicted octanol–water partition coefficient (Wildman–Crippen LogP) is 1.86. The highest BCUT2D eigenvalue weighted by Gasteiger charge is 2.29. The van der Waals surface area contributed by atoms with E-state index in [2.05, 4.69) is 36.0 Å². The number of piperazine rings is 1. The second-order valence-electron chi connectivity index (χ2n) is 8.36. The van der Waals surface area contributed by atoms with Crippen molar-refractivity contribution in [2.24, 2.45) is 0 Å². The molecule has 0 unspecified atom stereocenters. The van der Waals surface area contributed by atoms with Gasteiger partial charge in [0.05, 0.1) is 5.69 Å². The summed E-state index contributed by atoms with van der Waals surface area (Å²) in [5, 5.41) is 3.68. The molecular weight excluding hydrogens is 312 g/mol. The molecule has 1 aromatic heterocycles. The fourth-order valence-corrected chi connectivity index (χ4v) is 3.75. The van der Waals surface area contributed by atoms with Gasteiger partial charge < -0.3 is 15.1 Å². The SMILES string of the molecule is CN1CCN(C(C)(C)CNc2nc(N(C)C)nc3c2CCCC3)CC1. The Morgan fingerprint density at radius 1 is 1.04 bits per heavy atom. The van der Waals surface area contributed by atoms with Crippen LogP contribution >= 0.6 is 0 Å². The fourth-order valence-electron chi connectivity index (χ4n) is 3.75. The normalized spacial score (nSPS) is 19.6. The molecule has 0 atom stereocenters. The van der Waals surface area contributed by atoms with E-state index in [0.29, 0.717) is 0 Å². The summed E-state index contributed by atoms with van der Waals surface area (Å²) in [6, 6.07) is 0. The Labute approximate surface area is 152 Å². The van der Waals surface area contributed by atoms with Crippen LogP contribution in [0.1, 0.15) is 37.9 Å². The van der Waals surface area contributed by atoms with Gasteiger partial charge in [-0.05, 0) is 46.6 Å². The van der Waals surface area contributed by atoms with Crippen LogP contribution in [0.25, 0.3) is 0 Å². The number of aryl methyl sites for hydroxylation is 1. The molecule has 0 saturated carbocycles. The van der Waals surface area contributed by atoms with Crippen molar-refractivity contribution in [3.63, 3.8) is 0 Å². The first-order valence-corrected chi connectivity index (χ1v) is 9.61. The largest absolute Gasteiger partial charge is 0.368 e. The molecule has 1 aliphatic carbocycles. The molecule has 25 heavy (non-hydrogen) atoms. The Morgan fingerprint density at radius 3 is 2.40 bits per heavy atom. The van der Waals surface area contributed by atoms with Crippen molar-refractivity contribution in [3.05, 3.63) is 11.3 Å². The minimum atomic E-state index is 0.117. The van der Waals surface area contributed by atoms with Crippen molar-refractivity contribution in [2.45, 2.75) is 45.1 Å². The molecule has 1 aliphatic heterocycles. The number of nitrogens with zero attached hydrogens (tertiary/aromatic N) is 5. The van der Waals surface area contributed by atoms with E-state index >= 15 is 0 Å². The summed E-state index contributed by atoms with van der Waals surface area (Å²) in [5.41, 5.74) is 2.70. The van der Waals surface area contributed by atoms with Crippen LogP contribution in [0.4, 0.5) is 11.8 Å². The van der Waals surface area contributed by atoms with Crippen molar-refractivity contribution in [3.8, 4) is 0 Å². The van der Waals surface area contributed by atoms with Gasteiger partial charge in [-0.15, -0.1) is 0 Å². The van der Waals surface area contributed by atoms with Gasteiger partial charge in [0.2, 0.25) is 5.95 Å². The summed E-state index contributed by atoms with van der Waals surface area (Å²) in [4.78, 5) is 16.6. The quantitative estimate of drug-likeness (QED) is 0.878. The molecule has 0 spiro atoms. The molecular formula is C19H34N6. The Bertz CT molecular complexity index is 590. The molecule has 0 radical (unpaired) electrons. The fraction of sp³-hybridized carbons (Fsp3) is 0.789. The zero-order valence-corrected chi connectivity index (χ0v) is 16.6. The van der Waals surface area contributed by atoms with Crippen molar-refractivity contribution >= 4 is 11.8 Å². The van der Waals surface area contributed by atoms with Gasteiger partial charge in [0.25, 0.3) is 0 Å². The predicted molar refractivity (Wildman–Crippen MR) is 105 cm³/mol. The van der Waals surface area contributed by atoms with Gasteiger partial charge in [-0.1, -0.05) is 0 Å². The van der Waals surface area contributed by atoms with Gasteiger partial charge in [-0.3, -0.25) is 4.90 Å². The number of fused-ring (bicyclic) bond motifs is 1. The molecule has 1 aromatic rings. The lowest BCUT2D eigenvalue weighted by Crippen LogP contribution is -2.56. The van der Waals surface area contributed by atoms with Gasteiger partial charge in [0, 0.05) is 57.9 Å². The number of rotatable bonds is 5. The Balaban J connectivity index is 1.74. The lowest BCUT2D eigenvalue weighted by molar-refractivity contribution is 0.0698. The van der Waals surface area contributed by atoms with E-state index in [-0.39, 0.29) is 5.54 Å². The van der Waals surface area contributed by atoms with Gasteiger partial charge in [0.15, 0.2) is 0 Å². The minimum absolute atomic E-state index is 0.117. The van der Waals surface area contributed by atoms with Crippen LogP contribution in [-0.4, -0.2) is 79.2 Å². The third-order valence-corrected chi connectivity index (χ3v) is 5.62. The first-order chi connectivity index (χ1) is 11.9. The van der Waals surface area contributed by atoms with Gasteiger partial charge in [-0.25, -0.2) is 4.98 Å². The zero-order chi connectivity index (χ0) is 18.0. The maximum atomic E-state index is 4.82. The number of aromatic nitrogens is 2. The van der Waals surface area contributed by atoms with E-state index in [1.54, 1.807) is 0 Å². The molecule has 6 nitrogen and oxygen atoms in total. The molecule has 0 amide bonds. The number of anilines is 2. The average molecular weight is 347 g/mol. The molecule has 0 aromatic carbocycles. The van der Waals surface area contributed by atoms with E-state index < -0.39 is 0 Å². The van der Waals surface area contributed by atoms with Gasteiger partial charge in [0.1, 0.15) is 5.82 Å². The second-order valence-corrected chi connectivity index (χ2v) is 8.36. The lowest BCUT2D eigenvalue weighted by atomic mass is 9.96. The van der Waals surface area contributed by atoms with Crippen molar-refractivity contribution in [1.29, 1.82) is 0 Å². The molecule has 3 rings (SSSR count). The lowest BCUT2D eigenvalue weighted by Gasteiger charge is -2.43. The van der Waals surface area contributed by atoms with Crippen molar-refractivity contribution < 1.29 is 0 Å². The van der Waals surface area contributed by atoms with Crippen LogP contribution < -0.4 is 10.2 Å². The average Bonchev–Trinajstić information content (AvgIpc) is 2.59. The first kappa shape index (κ1) is 18.4. The second kappa shape index (κ2) is 7.46. The van der Waals surface area contributed by atoms with E-state index in [1.165, 1.54) is 24.1 Å². The Kier molecular flexibility index (Phi) is 5.49. The molecule has 1 saturated heterocycles. The van der Waals surface area contributed by atoms with Crippen molar-refractivity contribution in [1.82, 2.24) is 19.8 Å². The topological polar surface area (TPSA) is 47.5 Å². The first-order valence-electron chi connectivity index (χ1n) is 9.61. The van der Waals surface area contributed by atoms with Crippen LogP contribution in [-0.2, 0) is 12.8 Å². The molecule has 1 N–H and O–H groups in total. The maximum absolute atomic E-state index is 4.82. The molecule has 2 heterocycles. The summed E-state index contributed by atoms with van der Waals surface area (Å²) < 4.78 is 0. The summed E-state index contributed by atoms with van der Waals surface area (Å²) >= 11 is 0. The monoisotopic (exact) mass is 346 g/mol. The Hall–Kier alpha value is -1.40. The zero-order valence-electron chi connectivity index (χ0n) is 16.6. The number of nitrogens with one attached hydrogen (secondary N) is 1. The standard InChI is InChI=1S/C19H34N6/c1-19(2,25-12-10-24(5)11-13-25)14-20-17-15-8-6-7-9-16(15)21-18(22-17)23(3)4/h6-14H2,1-5H3,(H,20,21,22). The van der Waals surface area contributed by atoms with Gasteiger partial charge in [-0.2, -0.15) is 4.98 Å². The molecule has 1 fully saturated rings. The third-order valence-electron chi connectivity index (χ3n) is 5.62. The van der Waals surface area contributed by atoms with Crippen LogP contribution in [0, 0.1) is 0 Å². The Morgan fingerprint density at radius 2 is 1.72 bits per heavy atom. The summed E-state index contributed by atoms with van der Waals surface area (Å²) in [7, 11) is 6.24. The third kappa shape index (κ3) is 4.23. The van der Waals surface area contributed by atoms with Crippen LogP contribution in [0.2, 0.25) is 0 Å². The highest BCUT2D eigenvalue weighted by Crippen LogP contribution is 2.28. The molecule has 0 bridgehead atoms. The minimum Gasteiger partial charge on any atom is -0.368 e. The smallest absolute Gasteiger partial charge is 0.227 e. The number of hydrogen-bond acceptors (Lipinski definition) is 6. The van der Waals surface area contributed by atoms with Crippen LogP contribution in [0.3, 0.4) is 0 Å². The summed E-state index contributed by atoms with van der Waals surface area (Å²) in [6.07, 6.45) is 4.66. The molecule has 140 valence electrons. The number of likely N-dealkylation sites (N-methyl/N-ethyl adjacent to an activating group) is 1. The maximum Gasteiger partial charge on any atom is 0.227 e. The summed E-state index contributed by atoms with van der Waals surface area (Å²) in [6.45, 7) is 10.2. The summed E-state index contributed by atoms with van der Waals surface area (Å²) in [5.74, 6) is 1.87. The van der Waals surface area contributed by atoms with E-state index in [4.69, 9.17) is 9.97 Å². The van der Waals surface area contributed by atoms with Gasteiger partial charge >= 0.3 is 0 Å². The van der Waals surface area contributed by atoms with E-state index in [0.717, 1.165) is 57.3 Å². The highest BCUT2D eigenvalue weighted by molar-refractivity contribution is 5.52. The highest BCUT2D eigenvalue weighted by atomic mass is 15.3.